The molecule has 0 bridgehead atoms. The Balaban J connectivity index is 2.31. The van der Waals surface area contributed by atoms with Gasteiger partial charge in [-0.05, 0) is 62.9 Å². The number of thiophene rings is 1. The molecule has 0 amide bonds. The lowest BCUT2D eigenvalue weighted by Gasteiger charge is -2.12. The molecule has 23 heavy (non-hydrogen) atoms. The fourth-order valence-electron chi connectivity index (χ4n) is 2.71. The van der Waals surface area contributed by atoms with Crippen molar-refractivity contribution >= 4 is 39.0 Å². The fraction of sp³-hybridized carbons (Fsp3) is 0.333. The van der Waals surface area contributed by atoms with Crippen LogP contribution in [0.4, 0.5) is 5.82 Å². The predicted molar refractivity (Wildman–Crippen MR) is 101 cm³/mol. The number of hydrogen-bond donors (Lipinski definition) is 1. The summed E-state index contributed by atoms with van der Waals surface area (Å²) in [5, 5.41) is 4.76. The van der Waals surface area contributed by atoms with Crippen LogP contribution in [0.3, 0.4) is 0 Å². The largest absolute Gasteiger partial charge is 0.367 e. The van der Waals surface area contributed by atoms with Crippen LogP contribution >= 0.6 is 22.9 Å². The fourth-order valence-corrected chi connectivity index (χ4v) is 3.97. The molecule has 2 heterocycles. The molecule has 0 aliphatic heterocycles. The van der Waals surface area contributed by atoms with Gasteiger partial charge >= 0.3 is 0 Å². The highest BCUT2D eigenvalue weighted by Gasteiger charge is 2.18. The molecule has 0 radical (unpaired) electrons. The SMILES string of the molecule is Cc1ccc(-c2c(C)sc3nc(Cl)nc(NC(C)C)c23)cc1C. The number of nitrogens with one attached hydrogen (secondary N) is 1. The van der Waals surface area contributed by atoms with Crippen LogP contribution in [0, 0.1) is 20.8 Å². The maximum Gasteiger partial charge on any atom is 0.225 e. The summed E-state index contributed by atoms with van der Waals surface area (Å²) in [7, 11) is 0. The van der Waals surface area contributed by atoms with Crippen LogP contribution < -0.4 is 5.32 Å². The molecule has 2 aromatic heterocycles. The number of benzene rings is 1. The van der Waals surface area contributed by atoms with Gasteiger partial charge in [-0.15, -0.1) is 11.3 Å². The van der Waals surface area contributed by atoms with Crippen LogP contribution in [-0.4, -0.2) is 16.0 Å². The summed E-state index contributed by atoms with van der Waals surface area (Å²) in [6, 6.07) is 6.85. The van der Waals surface area contributed by atoms with Crippen LogP contribution in [0.1, 0.15) is 29.9 Å². The second-order valence-electron chi connectivity index (χ2n) is 6.15. The lowest BCUT2D eigenvalue weighted by molar-refractivity contribution is 0.891. The van der Waals surface area contributed by atoms with E-state index in [1.165, 1.54) is 27.1 Å². The number of halogens is 1. The highest BCUT2D eigenvalue weighted by molar-refractivity contribution is 7.19. The minimum Gasteiger partial charge on any atom is -0.367 e. The minimum absolute atomic E-state index is 0.275. The summed E-state index contributed by atoms with van der Waals surface area (Å²) in [4.78, 5) is 11.0. The maximum atomic E-state index is 6.11. The molecule has 5 heteroatoms. The van der Waals surface area contributed by atoms with E-state index in [0.717, 1.165) is 16.0 Å². The second-order valence-corrected chi connectivity index (χ2v) is 7.69. The maximum absolute atomic E-state index is 6.11. The third-order valence-electron chi connectivity index (χ3n) is 3.92. The van der Waals surface area contributed by atoms with Gasteiger partial charge in [0, 0.05) is 16.5 Å². The average Bonchev–Trinajstić information content (AvgIpc) is 2.77. The molecule has 120 valence electrons. The molecule has 0 atom stereocenters. The van der Waals surface area contributed by atoms with E-state index < -0.39 is 0 Å². The van der Waals surface area contributed by atoms with Crippen molar-refractivity contribution in [2.75, 3.05) is 5.32 Å². The molecule has 0 aliphatic carbocycles. The molecule has 3 aromatic rings. The van der Waals surface area contributed by atoms with Gasteiger partial charge in [0.2, 0.25) is 5.28 Å². The normalized spacial score (nSPS) is 11.4. The van der Waals surface area contributed by atoms with Crippen molar-refractivity contribution in [3.05, 3.63) is 39.5 Å². The Morgan fingerprint density at radius 3 is 2.48 bits per heavy atom. The first kappa shape index (κ1) is 16.2. The van der Waals surface area contributed by atoms with Crippen molar-refractivity contribution in [1.29, 1.82) is 0 Å². The first-order chi connectivity index (χ1) is 10.9. The number of aryl methyl sites for hydroxylation is 3. The summed E-state index contributed by atoms with van der Waals surface area (Å²) < 4.78 is 0. The summed E-state index contributed by atoms with van der Waals surface area (Å²) in [6.45, 7) is 10.6. The van der Waals surface area contributed by atoms with Crippen LogP contribution in [-0.2, 0) is 0 Å². The Labute approximate surface area is 145 Å². The smallest absolute Gasteiger partial charge is 0.225 e. The Kier molecular flexibility index (Phi) is 4.30. The summed E-state index contributed by atoms with van der Waals surface area (Å²) in [5.41, 5.74) is 4.99. The van der Waals surface area contributed by atoms with E-state index >= 15 is 0 Å². The topological polar surface area (TPSA) is 37.8 Å². The molecule has 1 aromatic carbocycles. The molecule has 0 saturated heterocycles. The van der Waals surface area contributed by atoms with Crippen molar-refractivity contribution in [2.45, 2.75) is 40.7 Å². The van der Waals surface area contributed by atoms with Gasteiger partial charge in [-0.3, -0.25) is 0 Å². The van der Waals surface area contributed by atoms with Gasteiger partial charge in [-0.25, -0.2) is 9.97 Å². The van der Waals surface area contributed by atoms with Gasteiger partial charge in [-0.2, -0.15) is 0 Å². The lowest BCUT2D eigenvalue weighted by Crippen LogP contribution is -2.11. The summed E-state index contributed by atoms with van der Waals surface area (Å²) in [5.74, 6) is 0.813. The Hall–Kier alpha value is -1.65. The van der Waals surface area contributed by atoms with Crippen molar-refractivity contribution in [3.63, 3.8) is 0 Å². The van der Waals surface area contributed by atoms with Gasteiger partial charge in [0.05, 0.1) is 5.39 Å². The molecule has 0 fully saturated rings. The standard InChI is InChI=1S/C18H20ClN3S/c1-9(2)20-16-15-14(13-7-6-10(3)11(4)8-13)12(5)23-17(15)22-18(19)21-16/h6-9H,1-5H3,(H,20,21,22). The van der Waals surface area contributed by atoms with E-state index in [-0.39, 0.29) is 11.3 Å². The van der Waals surface area contributed by atoms with Crippen LogP contribution in [0.25, 0.3) is 21.3 Å². The Morgan fingerprint density at radius 2 is 1.83 bits per heavy atom. The van der Waals surface area contributed by atoms with Crippen LogP contribution in [0.2, 0.25) is 5.28 Å². The van der Waals surface area contributed by atoms with E-state index in [0.29, 0.717) is 0 Å². The van der Waals surface area contributed by atoms with Gasteiger partial charge in [0.15, 0.2) is 0 Å². The highest BCUT2D eigenvalue weighted by atomic mass is 35.5. The van der Waals surface area contributed by atoms with E-state index in [4.69, 9.17) is 11.6 Å². The second kappa shape index (κ2) is 6.10. The van der Waals surface area contributed by atoms with Crippen molar-refractivity contribution in [3.8, 4) is 11.1 Å². The highest BCUT2D eigenvalue weighted by Crippen LogP contribution is 2.41. The van der Waals surface area contributed by atoms with E-state index in [1.807, 2.05) is 0 Å². The molecular formula is C18H20ClN3S. The summed E-state index contributed by atoms with van der Waals surface area (Å²) in [6.07, 6.45) is 0. The van der Waals surface area contributed by atoms with Gasteiger partial charge in [-0.1, -0.05) is 18.2 Å². The third-order valence-corrected chi connectivity index (χ3v) is 5.09. The molecule has 0 spiro atoms. The Bertz CT molecular complexity index is 884. The molecular weight excluding hydrogens is 326 g/mol. The molecule has 3 rings (SSSR count). The molecule has 1 N–H and O–H groups in total. The van der Waals surface area contributed by atoms with Crippen molar-refractivity contribution in [1.82, 2.24) is 9.97 Å². The first-order valence-corrected chi connectivity index (χ1v) is 8.87. The monoisotopic (exact) mass is 345 g/mol. The molecule has 0 aliphatic rings. The molecule has 0 unspecified atom stereocenters. The van der Waals surface area contributed by atoms with Crippen molar-refractivity contribution in [2.24, 2.45) is 0 Å². The van der Waals surface area contributed by atoms with Gasteiger partial charge in [0.25, 0.3) is 0 Å². The zero-order chi connectivity index (χ0) is 16.7. The zero-order valence-electron chi connectivity index (χ0n) is 14.0. The quantitative estimate of drug-likeness (QED) is 0.613. The Morgan fingerprint density at radius 1 is 1.09 bits per heavy atom. The van der Waals surface area contributed by atoms with E-state index in [1.54, 1.807) is 11.3 Å². The number of hydrogen-bond acceptors (Lipinski definition) is 4. The lowest BCUT2D eigenvalue weighted by atomic mass is 9.99. The average molecular weight is 346 g/mol. The predicted octanol–water partition coefficient (Wildman–Crippen LogP) is 5.76. The van der Waals surface area contributed by atoms with E-state index in [2.05, 4.69) is 68.1 Å². The van der Waals surface area contributed by atoms with Gasteiger partial charge in [0.1, 0.15) is 10.6 Å². The number of nitrogens with zero attached hydrogens (tertiary/aromatic N) is 2. The summed E-state index contributed by atoms with van der Waals surface area (Å²) >= 11 is 7.77. The van der Waals surface area contributed by atoms with Gasteiger partial charge < -0.3 is 5.32 Å². The number of fused-ring (bicyclic) bond motifs is 1. The minimum atomic E-state index is 0.275. The number of rotatable bonds is 3. The van der Waals surface area contributed by atoms with Crippen LogP contribution in [0.5, 0.6) is 0 Å². The molecule has 3 nitrogen and oxygen atoms in total. The zero-order valence-corrected chi connectivity index (χ0v) is 15.6. The molecule has 0 saturated carbocycles. The first-order valence-electron chi connectivity index (χ1n) is 7.67. The van der Waals surface area contributed by atoms with E-state index in [9.17, 15) is 0 Å². The number of aromatic nitrogens is 2. The van der Waals surface area contributed by atoms with Crippen molar-refractivity contribution < 1.29 is 0 Å². The van der Waals surface area contributed by atoms with Crippen LogP contribution in [0.15, 0.2) is 18.2 Å². The third kappa shape index (κ3) is 3.06. The number of anilines is 1.